The van der Waals surface area contributed by atoms with Crippen molar-refractivity contribution in [3.63, 3.8) is 0 Å². The number of aromatic nitrogens is 1. The minimum absolute atomic E-state index is 0.337. The minimum Gasteiger partial charge on any atom is -0.370 e. The lowest BCUT2D eigenvalue weighted by Crippen LogP contribution is -2.56. The molecular weight excluding hydrogens is 248 g/mol. The fraction of sp³-hybridized carbons (Fsp3) is 0.688. The van der Waals surface area contributed by atoms with Gasteiger partial charge in [-0.15, -0.1) is 0 Å². The predicted molar refractivity (Wildman–Crippen MR) is 86.6 cm³/mol. The first kappa shape index (κ1) is 15.1. The van der Waals surface area contributed by atoms with Gasteiger partial charge in [-0.3, -0.25) is 0 Å². The molecule has 1 aliphatic rings. The molecule has 20 heavy (non-hydrogen) atoms. The van der Waals surface area contributed by atoms with E-state index in [2.05, 4.69) is 55.3 Å². The van der Waals surface area contributed by atoms with Gasteiger partial charge < -0.3 is 15.1 Å². The van der Waals surface area contributed by atoms with Gasteiger partial charge >= 0.3 is 0 Å². The van der Waals surface area contributed by atoms with Crippen LogP contribution in [0.4, 0.5) is 11.6 Å². The van der Waals surface area contributed by atoms with Crippen molar-refractivity contribution in [2.75, 3.05) is 44.4 Å². The summed E-state index contributed by atoms with van der Waals surface area (Å²) in [7, 11) is 6.54. The third-order valence-electron chi connectivity index (χ3n) is 4.45. The second-order valence-electron chi connectivity index (χ2n) is 6.14. The maximum atomic E-state index is 4.71. The van der Waals surface area contributed by atoms with Crippen LogP contribution in [-0.4, -0.2) is 49.7 Å². The molecule has 0 bridgehead atoms. The van der Waals surface area contributed by atoms with Gasteiger partial charge in [-0.2, -0.15) is 0 Å². The van der Waals surface area contributed by atoms with Gasteiger partial charge in [0.05, 0.1) is 0 Å². The third kappa shape index (κ3) is 3.23. The molecular formula is C16H28N4. The van der Waals surface area contributed by atoms with Crippen LogP contribution in [0.15, 0.2) is 18.2 Å². The van der Waals surface area contributed by atoms with E-state index in [1.165, 1.54) is 19.3 Å². The summed E-state index contributed by atoms with van der Waals surface area (Å²) in [4.78, 5) is 9.38. The quantitative estimate of drug-likeness (QED) is 0.830. The van der Waals surface area contributed by atoms with Crippen LogP contribution in [0.1, 0.15) is 32.6 Å². The van der Waals surface area contributed by atoms with Crippen LogP contribution in [0.5, 0.6) is 0 Å². The van der Waals surface area contributed by atoms with Gasteiger partial charge in [0, 0.05) is 25.7 Å². The van der Waals surface area contributed by atoms with E-state index >= 15 is 0 Å². The second kappa shape index (κ2) is 6.44. The van der Waals surface area contributed by atoms with E-state index in [0.717, 1.165) is 31.1 Å². The Bertz CT molecular complexity index is 426. The first-order valence-corrected chi connectivity index (χ1v) is 7.67. The fourth-order valence-corrected chi connectivity index (χ4v) is 2.84. The molecule has 0 saturated heterocycles. The Morgan fingerprint density at radius 3 is 2.55 bits per heavy atom. The SMILES string of the molecule is CCCNc1cccc(N(C)CC2(N(C)C)CCC2)n1. The van der Waals surface area contributed by atoms with Crippen molar-refractivity contribution in [1.29, 1.82) is 0 Å². The molecule has 4 heteroatoms. The molecule has 0 atom stereocenters. The van der Waals surface area contributed by atoms with Crippen LogP contribution in [0.25, 0.3) is 0 Å². The van der Waals surface area contributed by atoms with Crippen LogP contribution >= 0.6 is 0 Å². The molecule has 0 aliphatic heterocycles. The largest absolute Gasteiger partial charge is 0.370 e. The van der Waals surface area contributed by atoms with Crippen LogP contribution in [0, 0.1) is 0 Å². The summed E-state index contributed by atoms with van der Waals surface area (Å²) in [5, 5.41) is 3.35. The normalized spacial score (nSPS) is 16.9. The van der Waals surface area contributed by atoms with Crippen molar-refractivity contribution >= 4 is 11.6 Å². The van der Waals surface area contributed by atoms with Crippen LogP contribution in [0.3, 0.4) is 0 Å². The number of pyridine rings is 1. The number of hydrogen-bond donors (Lipinski definition) is 1. The Morgan fingerprint density at radius 2 is 2.00 bits per heavy atom. The van der Waals surface area contributed by atoms with Crippen molar-refractivity contribution in [2.24, 2.45) is 0 Å². The molecule has 0 aromatic carbocycles. The van der Waals surface area contributed by atoms with Crippen LogP contribution in [0.2, 0.25) is 0 Å². The maximum absolute atomic E-state index is 4.71. The maximum Gasteiger partial charge on any atom is 0.130 e. The Hall–Kier alpha value is -1.29. The molecule has 1 saturated carbocycles. The molecule has 4 nitrogen and oxygen atoms in total. The van der Waals surface area contributed by atoms with Crippen molar-refractivity contribution in [3.8, 4) is 0 Å². The summed E-state index contributed by atoms with van der Waals surface area (Å²) >= 11 is 0. The zero-order valence-corrected chi connectivity index (χ0v) is 13.3. The van der Waals surface area contributed by atoms with Gasteiger partial charge in [0.2, 0.25) is 0 Å². The summed E-state index contributed by atoms with van der Waals surface area (Å²) < 4.78 is 0. The Balaban J connectivity index is 2.03. The highest BCUT2D eigenvalue weighted by Crippen LogP contribution is 2.37. The zero-order chi connectivity index (χ0) is 14.6. The van der Waals surface area contributed by atoms with Crippen molar-refractivity contribution in [3.05, 3.63) is 18.2 Å². The smallest absolute Gasteiger partial charge is 0.130 e. The number of likely N-dealkylation sites (N-methyl/N-ethyl adjacent to an activating group) is 2. The molecule has 1 aromatic rings. The van der Waals surface area contributed by atoms with E-state index < -0.39 is 0 Å². The van der Waals surface area contributed by atoms with E-state index in [9.17, 15) is 0 Å². The van der Waals surface area contributed by atoms with E-state index in [1.54, 1.807) is 0 Å². The molecule has 0 radical (unpaired) electrons. The average Bonchev–Trinajstić information content (AvgIpc) is 2.40. The standard InChI is InChI=1S/C16H28N4/c1-5-12-17-14-8-6-9-15(18-14)20(4)13-16(19(2)3)10-7-11-16/h6,8-9H,5,7,10-13H2,1-4H3,(H,17,18). The number of nitrogens with one attached hydrogen (secondary N) is 1. The summed E-state index contributed by atoms with van der Waals surface area (Å²) in [6, 6.07) is 6.22. The number of nitrogens with zero attached hydrogens (tertiary/aromatic N) is 3. The van der Waals surface area contributed by atoms with Crippen LogP contribution < -0.4 is 10.2 Å². The first-order chi connectivity index (χ1) is 9.57. The molecule has 1 aliphatic carbocycles. The lowest BCUT2D eigenvalue weighted by atomic mass is 9.75. The van der Waals surface area contributed by atoms with Gasteiger partial charge in [0.1, 0.15) is 11.6 Å². The Morgan fingerprint density at radius 1 is 1.25 bits per heavy atom. The molecule has 2 rings (SSSR count). The Labute approximate surface area is 123 Å². The summed E-state index contributed by atoms with van der Waals surface area (Å²) in [5.41, 5.74) is 0.337. The molecule has 0 unspecified atom stereocenters. The average molecular weight is 276 g/mol. The number of rotatable bonds is 7. The third-order valence-corrected chi connectivity index (χ3v) is 4.45. The van der Waals surface area contributed by atoms with E-state index in [0.29, 0.717) is 5.54 Å². The van der Waals surface area contributed by atoms with Gasteiger partial charge in [0.25, 0.3) is 0 Å². The topological polar surface area (TPSA) is 31.4 Å². The highest BCUT2D eigenvalue weighted by atomic mass is 15.3. The number of anilines is 2. The van der Waals surface area contributed by atoms with Crippen molar-refractivity contribution in [2.45, 2.75) is 38.1 Å². The highest BCUT2D eigenvalue weighted by Gasteiger charge is 2.40. The summed E-state index contributed by atoms with van der Waals surface area (Å²) in [6.07, 6.45) is 5.04. The van der Waals surface area contributed by atoms with Gasteiger partial charge in [0.15, 0.2) is 0 Å². The van der Waals surface area contributed by atoms with E-state index in [-0.39, 0.29) is 0 Å². The second-order valence-corrected chi connectivity index (χ2v) is 6.14. The Kier molecular flexibility index (Phi) is 4.86. The van der Waals surface area contributed by atoms with Gasteiger partial charge in [-0.05, 0) is 51.9 Å². The predicted octanol–water partition coefficient (Wildman–Crippen LogP) is 2.82. The minimum atomic E-state index is 0.337. The lowest BCUT2D eigenvalue weighted by molar-refractivity contribution is 0.0682. The molecule has 0 amide bonds. The highest BCUT2D eigenvalue weighted by molar-refractivity contribution is 5.47. The fourth-order valence-electron chi connectivity index (χ4n) is 2.84. The molecule has 112 valence electrons. The molecule has 1 heterocycles. The summed E-state index contributed by atoms with van der Waals surface area (Å²) in [6.45, 7) is 4.19. The number of hydrogen-bond acceptors (Lipinski definition) is 4. The molecule has 1 N–H and O–H groups in total. The lowest BCUT2D eigenvalue weighted by Gasteiger charge is -2.49. The zero-order valence-electron chi connectivity index (χ0n) is 13.3. The van der Waals surface area contributed by atoms with Crippen molar-refractivity contribution in [1.82, 2.24) is 9.88 Å². The van der Waals surface area contributed by atoms with Crippen molar-refractivity contribution < 1.29 is 0 Å². The first-order valence-electron chi connectivity index (χ1n) is 7.67. The molecule has 1 aromatic heterocycles. The van der Waals surface area contributed by atoms with E-state index in [4.69, 9.17) is 4.98 Å². The monoisotopic (exact) mass is 276 g/mol. The van der Waals surface area contributed by atoms with Gasteiger partial charge in [-0.25, -0.2) is 4.98 Å². The summed E-state index contributed by atoms with van der Waals surface area (Å²) in [5.74, 6) is 2.03. The van der Waals surface area contributed by atoms with Gasteiger partial charge in [-0.1, -0.05) is 13.0 Å². The molecule has 1 fully saturated rings. The van der Waals surface area contributed by atoms with E-state index in [1.807, 2.05) is 6.07 Å². The molecule has 0 spiro atoms. The van der Waals surface area contributed by atoms with Crippen LogP contribution in [-0.2, 0) is 0 Å².